The number of ether oxygens (including phenoxy) is 2. The predicted octanol–water partition coefficient (Wildman–Crippen LogP) is 1.84. The van der Waals surface area contributed by atoms with Gasteiger partial charge in [-0.05, 0) is 35.9 Å². The third-order valence-corrected chi connectivity index (χ3v) is 6.14. The van der Waals surface area contributed by atoms with Crippen molar-refractivity contribution in [1.29, 1.82) is 0 Å². The maximum atomic E-state index is 12.6. The Balaban J connectivity index is 1.72. The van der Waals surface area contributed by atoms with Crippen molar-refractivity contribution in [2.75, 3.05) is 38.3 Å². The zero-order valence-corrected chi connectivity index (χ0v) is 16.8. The average molecular weight is 426 g/mol. The second-order valence-electron chi connectivity index (χ2n) is 6.08. The molecule has 1 aromatic heterocycles. The number of aromatic nitrogens is 1. The number of anilines is 1. The minimum atomic E-state index is -3.86. The molecule has 0 amide bonds. The van der Waals surface area contributed by atoms with Crippen LogP contribution in [0.15, 0.2) is 41.4 Å². The van der Waals surface area contributed by atoms with E-state index < -0.39 is 16.0 Å². The van der Waals surface area contributed by atoms with Crippen LogP contribution in [0.5, 0.6) is 0 Å². The standard InChI is InChI=1S/C18H20ClN3O5S/c1-26-18(23)14-2-3-16(15(19)11-14)28(24,25)21-12-13-4-5-20-17(10-13)22-6-8-27-9-7-22/h2-5,10-11,21H,6-9,12H2,1H3. The number of nitrogens with one attached hydrogen (secondary N) is 1. The van der Waals surface area contributed by atoms with Crippen molar-refractivity contribution in [2.45, 2.75) is 11.4 Å². The van der Waals surface area contributed by atoms with Gasteiger partial charge in [0.15, 0.2) is 0 Å². The van der Waals surface area contributed by atoms with Crippen molar-refractivity contribution in [3.05, 3.63) is 52.7 Å². The van der Waals surface area contributed by atoms with Gasteiger partial charge in [-0.2, -0.15) is 0 Å². The minimum absolute atomic E-state index is 0.0564. The number of rotatable bonds is 6. The Morgan fingerprint density at radius 1 is 1.29 bits per heavy atom. The van der Waals surface area contributed by atoms with Crippen LogP contribution >= 0.6 is 11.6 Å². The molecule has 10 heteroatoms. The summed E-state index contributed by atoms with van der Waals surface area (Å²) < 4.78 is 37.7. The number of halogens is 1. The van der Waals surface area contributed by atoms with Crippen LogP contribution in [0.1, 0.15) is 15.9 Å². The molecule has 0 radical (unpaired) electrons. The third kappa shape index (κ3) is 4.79. The van der Waals surface area contributed by atoms with E-state index in [1.54, 1.807) is 12.3 Å². The number of morpholine rings is 1. The molecule has 28 heavy (non-hydrogen) atoms. The number of esters is 1. The van der Waals surface area contributed by atoms with Crippen molar-refractivity contribution in [2.24, 2.45) is 0 Å². The van der Waals surface area contributed by atoms with E-state index in [4.69, 9.17) is 16.3 Å². The molecule has 0 unspecified atom stereocenters. The van der Waals surface area contributed by atoms with Gasteiger partial charge in [0.05, 0.1) is 30.9 Å². The lowest BCUT2D eigenvalue weighted by Crippen LogP contribution is -2.36. The maximum Gasteiger partial charge on any atom is 0.337 e. The lowest BCUT2D eigenvalue weighted by Gasteiger charge is -2.28. The van der Waals surface area contributed by atoms with Crippen LogP contribution in [0.4, 0.5) is 5.82 Å². The molecule has 8 nitrogen and oxygen atoms in total. The average Bonchev–Trinajstić information content (AvgIpc) is 2.72. The number of hydrogen-bond acceptors (Lipinski definition) is 7. The van der Waals surface area contributed by atoms with Gasteiger partial charge < -0.3 is 14.4 Å². The Bertz CT molecular complexity index is 961. The highest BCUT2D eigenvalue weighted by atomic mass is 35.5. The number of sulfonamides is 1. The minimum Gasteiger partial charge on any atom is -0.465 e. The summed E-state index contributed by atoms with van der Waals surface area (Å²) in [7, 11) is -2.63. The summed E-state index contributed by atoms with van der Waals surface area (Å²) in [5, 5.41) is -0.0564. The van der Waals surface area contributed by atoms with Crippen LogP contribution in [0.25, 0.3) is 0 Å². The van der Waals surface area contributed by atoms with E-state index in [2.05, 4.69) is 19.3 Å². The van der Waals surface area contributed by atoms with Crippen molar-refractivity contribution in [3.63, 3.8) is 0 Å². The van der Waals surface area contributed by atoms with E-state index in [9.17, 15) is 13.2 Å². The number of hydrogen-bond donors (Lipinski definition) is 1. The van der Waals surface area contributed by atoms with Gasteiger partial charge in [-0.1, -0.05) is 11.6 Å². The molecule has 1 aliphatic rings. The van der Waals surface area contributed by atoms with Gasteiger partial charge in [-0.15, -0.1) is 0 Å². The van der Waals surface area contributed by atoms with Crippen LogP contribution < -0.4 is 9.62 Å². The summed E-state index contributed by atoms with van der Waals surface area (Å²) in [6.07, 6.45) is 1.65. The number of pyridine rings is 1. The zero-order valence-electron chi connectivity index (χ0n) is 15.2. The first kappa shape index (κ1) is 20.5. The quantitative estimate of drug-likeness (QED) is 0.705. The van der Waals surface area contributed by atoms with Crippen molar-refractivity contribution >= 4 is 33.4 Å². The number of benzene rings is 1. The van der Waals surface area contributed by atoms with Crippen LogP contribution in [-0.4, -0.2) is 52.8 Å². The molecule has 1 aliphatic heterocycles. The smallest absolute Gasteiger partial charge is 0.337 e. The Labute approximate surface area is 168 Å². The first-order valence-corrected chi connectivity index (χ1v) is 10.4. The molecule has 0 bridgehead atoms. The SMILES string of the molecule is COC(=O)c1ccc(S(=O)(=O)NCc2ccnc(N3CCOCC3)c2)c(Cl)c1. The topological polar surface area (TPSA) is 97.8 Å². The molecule has 1 aromatic carbocycles. The largest absolute Gasteiger partial charge is 0.465 e. The lowest BCUT2D eigenvalue weighted by atomic mass is 10.2. The van der Waals surface area contributed by atoms with Crippen LogP contribution in [0.2, 0.25) is 5.02 Å². The molecular formula is C18H20ClN3O5S. The van der Waals surface area contributed by atoms with Crippen LogP contribution in [0.3, 0.4) is 0 Å². The van der Waals surface area contributed by atoms with Gasteiger partial charge >= 0.3 is 5.97 Å². The molecule has 3 rings (SSSR count). The Kier molecular flexibility index (Phi) is 6.50. The predicted molar refractivity (Wildman–Crippen MR) is 104 cm³/mol. The number of methoxy groups -OCH3 is 1. The van der Waals surface area contributed by atoms with Crippen LogP contribution in [-0.2, 0) is 26.0 Å². The summed E-state index contributed by atoms with van der Waals surface area (Å²) in [5.41, 5.74) is 0.943. The molecule has 1 fully saturated rings. The van der Waals surface area contributed by atoms with Gasteiger partial charge in [0.25, 0.3) is 0 Å². The molecule has 0 spiro atoms. The first-order valence-electron chi connectivity index (χ1n) is 8.56. The maximum absolute atomic E-state index is 12.6. The highest BCUT2D eigenvalue weighted by Gasteiger charge is 2.20. The van der Waals surface area contributed by atoms with Gasteiger partial charge in [-0.25, -0.2) is 22.9 Å². The summed E-state index contributed by atoms with van der Waals surface area (Å²) in [6, 6.07) is 7.49. The summed E-state index contributed by atoms with van der Waals surface area (Å²) in [5.74, 6) is 0.187. The number of nitrogens with zero attached hydrogens (tertiary/aromatic N) is 2. The van der Waals surface area contributed by atoms with E-state index >= 15 is 0 Å². The van der Waals surface area contributed by atoms with Crippen molar-refractivity contribution in [3.8, 4) is 0 Å². The van der Waals surface area contributed by atoms with Gasteiger partial charge in [0, 0.05) is 25.8 Å². The van der Waals surface area contributed by atoms with E-state index in [1.165, 1.54) is 25.3 Å². The zero-order chi connectivity index (χ0) is 20.1. The fourth-order valence-corrected chi connectivity index (χ4v) is 4.32. The molecule has 0 saturated carbocycles. The molecule has 2 aromatic rings. The number of carbonyl (C=O) groups excluding carboxylic acids is 1. The molecule has 1 N–H and O–H groups in total. The van der Waals surface area contributed by atoms with Gasteiger partial charge in [-0.3, -0.25) is 0 Å². The first-order chi connectivity index (χ1) is 13.4. The van der Waals surface area contributed by atoms with E-state index in [0.29, 0.717) is 13.2 Å². The van der Waals surface area contributed by atoms with Gasteiger partial charge in [0.2, 0.25) is 10.0 Å². The van der Waals surface area contributed by atoms with Crippen molar-refractivity contribution in [1.82, 2.24) is 9.71 Å². The lowest BCUT2D eigenvalue weighted by molar-refractivity contribution is 0.0600. The highest BCUT2D eigenvalue weighted by Crippen LogP contribution is 2.23. The van der Waals surface area contributed by atoms with Gasteiger partial charge in [0.1, 0.15) is 10.7 Å². The molecule has 0 atom stereocenters. The fraction of sp³-hybridized carbons (Fsp3) is 0.333. The fourth-order valence-electron chi connectivity index (χ4n) is 2.76. The Morgan fingerprint density at radius 2 is 2.04 bits per heavy atom. The molecular weight excluding hydrogens is 406 g/mol. The van der Waals surface area contributed by atoms with E-state index in [-0.39, 0.29) is 22.0 Å². The molecule has 0 aliphatic carbocycles. The Hall–Kier alpha value is -2.20. The molecule has 1 saturated heterocycles. The van der Waals surface area contributed by atoms with E-state index in [0.717, 1.165) is 24.5 Å². The van der Waals surface area contributed by atoms with Crippen molar-refractivity contribution < 1.29 is 22.7 Å². The third-order valence-electron chi connectivity index (χ3n) is 4.25. The second kappa shape index (κ2) is 8.87. The Morgan fingerprint density at radius 3 is 2.71 bits per heavy atom. The molecule has 2 heterocycles. The number of carbonyl (C=O) groups is 1. The van der Waals surface area contributed by atoms with Crippen LogP contribution in [0, 0.1) is 0 Å². The van der Waals surface area contributed by atoms with E-state index in [1.807, 2.05) is 6.07 Å². The normalized spacial score (nSPS) is 14.7. The summed E-state index contributed by atoms with van der Waals surface area (Å²) >= 11 is 6.07. The summed E-state index contributed by atoms with van der Waals surface area (Å²) in [6.45, 7) is 2.84. The summed E-state index contributed by atoms with van der Waals surface area (Å²) in [4.78, 5) is 17.9. The molecule has 150 valence electrons. The monoisotopic (exact) mass is 425 g/mol. The highest BCUT2D eigenvalue weighted by molar-refractivity contribution is 7.89. The second-order valence-corrected chi connectivity index (χ2v) is 8.23.